The molecule has 26 heavy (non-hydrogen) atoms. The number of methoxy groups -OCH3 is 1. The first-order valence-corrected chi connectivity index (χ1v) is 8.33. The molecule has 2 aromatic rings. The average molecular weight is 353 g/mol. The minimum atomic E-state index is -0.750. The van der Waals surface area contributed by atoms with Gasteiger partial charge in [-0.05, 0) is 49.2 Å². The van der Waals surface area contributed by atoms with Gasteiger partial charge in [0.15, 0.2) is 0 Å². The zero-order chi connectivity index (χ0) is 18.5. The van der Waals surface area contributed by atoms with E-state index in [-0.39, 0.29) is 16.8 Å². The fraction of sp³-hybridized carbons (Fsp3) is 0.263. The number of nitro benzene ring substituents is 1. The Morgan fingerprint density at radius 3 is 2.69 bits per heavy atom. The van der Waals surface area contributed by atoms with Gasteiger partial charge < -0.3 is 10.1 Å². The third-order valence-electron chi connectivity index (χ3n) is 4.36. The second-order valence-electron chi connectivity index (χ2n) is 5.99. The molecule has 2 aromatic carbocycles. The summed E-state index contributed by atoms with van der Waals surface area (Å²) in [5.74, 6) is -0.750. The maximum Gasteiger partial charge on any atom is 0.344 e. The molecular weight excluding hydrogens is 334 g/mol. The molecule has 1 saturated heterocycles. The van der Waals surface area contributed by atoms with Gasteiger partial charge in [0.2, 0.25) is 0 Å². The van der Waals surface area contributed by atoms with Crippen LogP contribution in [0.25, 0.3) is 0 Å². The van der Waals surface area contributed by atoms with Crippen molar-refractivity contribution in [2.75, 3.05) is 13.7 Å². The highest BCUT2D eigenvalue weighted by molar-refractivity contribution is 5.99. The van der Waals surface area contributed by atoms with Gasteiger partial charge in [0, 0.05) is 12.3 Å². The first-order valence-electron chi connectivity index (χ1n) is 8.33. The van der Waals surface area contributed by atoms with Gasteiger partial charge >= 0.3 is 5.97 Å². The number of carbonyl (C=O) groups is 1. The normalized spacial score (nSPS) is 16.7. The number of hydrogen-bond donors (Lipinski definition) is 1. The maximum absolute atomic E-state index is 11.8. The lowest BCUT2D eigenvalue weighted by Crippen LogP contribution is -2.12. The molecule has 0 amide bonds. The molecule has 7 nitrogen and oxygen atoms in total. The zero-order valence-corrected chi connectivity index (χ0v) is 14.3. The summed E-state index contributed by atoms with van der Waals surface area (Å²) in [4.78, 5) is 26.9. The van der Waals surface area contributed by atoms with E-state index < -0.39 is 10.9 Å². The minimum absolute atomic E-state index is 0.0934. The van der Waals surface area contributed by atoms with Crippen LogP contribution in [0.5, 0.6) is 0 Å². The van der Waals surface area contributed by atoms with E-state index in [1.807, 2.05) is 24.3 Å². The first kappa shape index (κ1) is 17.8. The largest absolute Gasteiger partial charge is 0.465 e. The number of hydrogen-bond acceptors (Lipinski definition) is 6. The summed E-state index contributed by atoms with van der Waals surface area (Å²) in [6, 6.07) is 12.6. The fourth-order valence-electron chi connectivity index (χ4n) is 3.05. The molecule has 0 radical (unpaired) electrons. The molecule has 1 N–H and O–H groups in total. The number of rotatable bonds is 5. The second kappa shape index (κ2) is 7.88. The summed E-state index contributed by atoms with van der Waals surface area (Å²) >= 11 is 0. The van der Waals surface area contributed by atoms with Crippen LogP contribution in [0.1, 0.15) is 40.4 Å². The van der Waals surface area contributed by atoms with Crippen LogP contribution in [0.3, 0.4) is 0 Å². The van der Waals surface area contributed by atoms with Crippen LogP contribution in [0.2, 0.25) is 0 Å². The molecule has 3 rings (SSSR count). The molecular formula is C19H19N3O4. The van der Waals surface area contributed by atoms with E-state index >= 15 is 0 Å². The minimum Gasteiger partial charge on any atom is -0.465 e. The summed E-state index contributed by atoms with van der Waals surface area (Å²) in [6.07, 6.45) is 3.69. The van der Waals surface area contributed by atoms with E-state index in [4.69, 9.17) is 0 Å². The number of esters is 1. The smallest absolute Gasteiger partial charge is 0.344 e. The van der Waals surface area contributed by atoms with Gasteiger partial charge in [-0.25, -0.2) is 4.79 Å². The highest BCUT2D eigenvalue weighted by atomic mass is 16.6. The Bertz CT molecular complexity index is 840. The summed E-state index contributed by atoms with van der Waals surface area (Å²) in [5.41, 5.74) is 1.74. The number of nitrogens with one attached hydrogen (secondary N) is 1. The van der Waals surface area contributed by atoms with Crippen molar-refractivity contribution in [2.24, 2.45) is 4.99 Å². The van der Waals surface area contributed by atoms with Gasteiger partial charge in [0.05, 0.1) is 23.3 Å². The SMILES string of the molecule is COC(=O)c1cccc(C=Nc2ccc(C3CCCN3)cc2)c1[N+](=O)[O-]. The number of aliphatic imine (C=N–C) groups is 1. The van der Waals surface area contributed by atoms with Crippen LogP contribution in [0.15, 0.2) is 47.5 Å². The van der Waals surface area contributed by atoms with E-state index in [9.17, 15) is 14.9 Å². The highest BCUT2D eigenvalue weighted by Gasteiger charge is 2.24. The zero-order valence-electron chi connectivity index (χ0n) is 14.3. The van der Waals surface area contributed by atoms with Crippen LogP contribution in [-0.2, 0) is 4.74 Å². The van der Waals surface area contributed by atoms with Crippen molar-refractivity contribution in [2.45, 2.75) is 18.9 Å². The lowest BCUT2D eigenvalue weighted by atomic mass is 10.1. The predicted molar refractivity (Wildman–Crippen MR) is 98.1 cm³/mol. The van der Waals surface area contributed by atoms with E-state index in [0.717, 1.165) is 13.0 Å². The monoisotopic (exact) mass is 353 g/mol. The molecule has 1 aliphatic heterocycles. The van der Waals surface area contributed by atoms with Gasteiger partial charge in [-0.2, -0.15) is 0 Å². The fourth-order valence-corrected chi connectivity index (χ4v) is 3.05. The van der Waals surface area contributed by atoms with E-state index in [0.29, 0.717) is 11.7 Å². The number of carbonyl (C=O) groups excluding carboxylic acids is 1. The average Bonchev–Trinajstić information content (AvgIpc) is 3.20. The van der Waals surface area contributed by atoms with Crippen molar-refractivity contribution in [3.05, 3.63) is 69.3 Å². The van der Waals surface area contributed by atoms with E-state index in [1.165, 1.54) is 31.4 Å². The number of para-hydroxylation sites is 1. The Morgan fingerprint density at radius 1 is 1.31 bits per heavy atom. The Hall–Kier alpha value is -3.06. The Kier molecular flexibility index (Phi) is 5.38. The van der Waals surface area contributed by atoms with Crippen molar-refractivity contribution < 1.29 is 14.5 Å². The molecule has 1 aliphatic rings. The van der Waals surface area contributed by atoms with Crippen molar-refractivity contribution in [3.8, 4) is 0 Å². The maximum atomic E-state index is 11.8. The number of ether oxygens (including phenoxy) is 1. The standard InChI is InChI=1S/C19H19N3O4/c1-26-19(23)16-5-2-4-14(18(16)22(24)25)12-21-15-9-7-13(8-10-15)17-6-3-11-20-17/h2,4-5,7-10,12,17,20H,3,6,11H2,1H3. The molecule has 0 bridgehead atoms. The molecule has 1 fully saturated rings. The third kappa shape index (κ3) is 3.78. The van der Waals surface area contributed by atoms with E-state index in [1.54, 1.807) is 12.1 Å². The van der Waals surface area contributed by atoms with Crippen molar-refractivity contribution in [1.29, 1.82) is 0 Å². The summed E-state index contributed by atoms with van der Waals surface area (Å²) in [5, 5.41) is 14.8. The van der Waals surface area contributed by atoms with Crippen molar-refractivity contribution in [3.63, 3.8) is 0 Å². The van der Waals surface area contributed by atoms with Crippen LogP contribution in [-0.4, -0.2) is 30.8 Å². The van der Waals surface area contributed by atoms with E-state index in [2.05, 4.69) is 15.0 Å². The second-order valence-corrected chi connectivity index (χ2v) is 5.99. The molecule has 1 unspecified atom stereocenters. The van der Waals surface area contributed by atoms with Crippen molar-refractivity contribution in [1.82, 2.24) is 5.32 Å². The van der Waals surface area contributed by atoms with Crippen LogP contribution >= 0.6 is 0 Å². The van der Waals surface area contributed by atoms with Crippen molar-refractivity contribution >= 4 is 23.6 Å². The molecule has 0 saturated carbocycles. The summed E-state index contributed by atoms with van der Waals surface area (Å²) in [6.45, 7) is 1.03. The number of benzene rings is 2. The highest BCUT2D eigenvalue weighted by Crippen LogP contribution is 2.26. The predicted octanol–water partition coefficient (Wildman–Crippen LogP) is 3.56. The Balaban J connectivity index is 1.86. The Labute approximate surface area is 150 Å². The van der Waals surface area contributed by atoms with Gasteiger partial charge in [-0.15, -0.1) is 0 Å². The molecule has 0 aromatic heterocycles. The number of nitro groups is 1. The lowest BCUT2D eigenvalue weighted by Gasteiger charge is -2.10. The summed E-state index contributed by atoms with van der Waals surface area (Å²) in [7, 11) is 1.19. The van der Waals surface area contributed by atoms with Crippen LogP contribution in [0.4, 0.5) is 11.4 Å². The van der Waals surface area contributed by atoms with Gasteiger partial charge in [0.25, 0.3) is 5.69 Å². The van der Waals surface area contributed by atoms with Gasteiger partial charge in [-0.1, -0.05) is 18.2 Å². The molecule has 0 spiro atoms. The molecule has 134 valence electrons. The Morgan fingerprint density at radius 2 is 2.08 bits per heavy atom. The van der Waals surface area contributed by atoms with Gasteiger partial charge in [-0.3, -0.25) is 15.1 Å². The topological polar surface area (TPSA) is 93.8 Å². The van der Waals surface area contributed by atoms with Crippen LogP contribution in [0, 0.1) is 10.1 Å². The number of nitrogens with zero attached hydrogens (tertiary/aromatic N) is 2. The quantitative estimate of drug-likeness (QED) is 0.384. The molecule has 0 aliphatic carbocycles. The molecule has 1 heterocycles. The summed E-state index contributed by atoms with van der Waals surface area (Å²) < 4.78 is 4.61. The third-order valence-corrected chi connectivity index (χ3v) is 4.36. The molecule has 7 heteroatoms. The van der Waals surface area contributed by atoms with Crippen LogP contribution < -0.4 is 5.32 Å². The molecule has 1 atom stereocenters. The lowest BCUT2D eigenvalue weighted by molar-refractivity contribution is -0.385. The first-order chi connectivity index (χ1) is 12.6. The van der Waals surface area contributed by atoms with Gasteiger partial charge in [0.1, 0.15) is 5.56 Å².